The van der Waals surface area contributed by atoms with Gasteiger partial charge in [-0.3, -0.25) is 9.59 Å². The summed E-state index contributed by atoms with van der Waals surface area (Å²) in [7, 11) is 0. The van der Waals surface area contributed by atoms with Crippen LogP contribution in [0.5, 0.6) is 0 Å². The van der Waals surface area contributed by atoms with E-state index < -0.39 is 40.6 Å². The number of hydrogen-bond acceptors (Lipinski definition) is 4. The molecule has 0 spiro atoms. The van der Waals surface area contributed by atoms with Crippen molar-refractivity contribution in [3.63, 3.8) is 0 Å². The van der Waals surface area contributed by atoms with Crippen LogP contribution in [0.3, 0.4) is 0 Å². The Morgan fingerprint density at radius 1 is 1.13 bits per heavy atom. The number of hydrogen-bond donors (Lipinski definition) is 2. The molecule has 6 nitrogen and oxygen atoms in total. The SMILES string of the molecule is N#C/C(=C/Nc1cc(C(F)(F)F)cc(C(F)(F)F)c1)C(=O)NCCCN1CCCC1=O. The number of likely N-dealkylation sites (tertiary alicyclic amines) is 1. The number of carbonyl (C=O) groups is 2. The fourth-order valence-corrected chi connectivity index (χ4v) is 2.85. The number of nitrogens with zero attached hydrogens (tertiary/aromatic N) is 2. The van der Waals surface area contributed by atoms with Gasteiger partial charge in [-0.2, -0.15) is 31.6 Å². The van der Waals surface area contributed by atoms with Crippen molar-refractivity contribution in [3.05, 3.63) is 41.1 Å². The molecule has 12 heteroatoms. The highest BCUT2D eigenvalue weighted by molar-refractivity contribution is 5.97. The third kappa shape index (κ3) is 6.91. The number of rotatable bonds is 7. The van der Waals surface area contributed by atoms with Gasteiger partial charge in [0.25, 0.3) is 5.91 Å². The van der Waals surface area contributed by atoms with Gasteiger partial charge in [0.15, 0.2) is 0 Å². The van der Waals surface area contributed by atoms with Gasteiger partial charge in [-0.05, 0) is 31.0 Å². The van der Waals surface area contributed by atoms with Gasteiger partial charge in [-0.25, -0.2) is 0 Å². The Bertz CT molecular complexity index is 870. The highest BCUT2D eigenvalue weighted by Gasteiger charge is 2.36. The maximum absolute atomic E-state index is 12.9. The lowest BCUT2D eigenvalue weighted by molar-refractivity contribution is -0.143. The van der Waals surface area contributed by atoms with Crippen molar-refractivity contribution in [1.82, 2.24) is 10.2 Å². The zero-order chi connectivity index (χ0) is 23.2. The van der Waals surface area contributed by atoms with E-state index in [4.69, 9.17) is 5.26 Å². The first-order valence-electron chi connectivity index (χ1n) is 9.14. The van der Waals surface area contributed by atoms with Crippen molar-refractivity contribution in [1.29, 1.82) is 5.26 Å². The fourth-order valence-electron chi connectivity index (χ4n) is 2.85. The summed E-state index contributed by atoms with van der Waals surface area (Å²) in [5.74, 6) is -0.835. The number of carbonyl (C=O) groups excluding carboxylic acids is 2. The monoisotopic (exact) mass is 448 g/mol. The Hall–Kier alpha value is -3.23. The molecule has 0 saturated carbocycles. The second-order valence-corrected chi connectivity index (χ2v) is 6.70. The molecular formula is C19H18F6N4O2. The third-order valence-corrected chi connectivity index (χ3v) is 4.40. The van der Waals surface area contributed by atoms with Crippen LogP contribution in [0, 0.1) is 11.3 Å². The highest BCUT2D eigenvalue weighted by Crippen LogP contribution is 2.37. The van der Waals surface area contributed by atoms with Crippen molar-refractivity contribution in [2.24, 2.45) is 0 Å². The van der Waals surface area contributed by atoms with Crippen LogP contribution in [-0.4, -0.2) is 36.3 Å². The van der Waals surface area contributed by atoms with E-state index >= 15 is 0 Å². The molecule has 31 heavy (non-hydrogen) atoms. The second kappa shape index (κ2) is 9.72. The minimum Gasteiger partial charge on any atom is -0.360 e. The molecule has 1 fully saturated rings. The number of halogens is 6. The summed E-state index contributed by atoms with van der Waals surface area (Å²) >= 11 is 0. The average molecular weight is 448 g/mol. The number of nitrogens with one attached hydrogen (secondary N) is 2. The van der Waals surface area contributed by atoms with E-state index in [0.29, 0.717) is 38.1 Å². The number of anilines is 1. The van der Waals surface area contributed by atoms with Gasteiger partial charge in [-0.1, -0.05) is 0 Å². The second-order valence-electron chi connectivity index (χ2n) is 6.70. The van der Waals surface area contributed by atoms with Crippen LogP contribution in [-0.2, 0) is 21.9 Å². The Morgan fingerprint density at radius 2 is 1.74 bits per heavy atom. The van der Waals surface area contributed by atoms with Crippen molar-refractivity contribution >= 4 is 17.5 Å². The Kier molecular flexibility index (Phi) is 7.54. The molecule has 0 aromatic heterocycles. The number of amides is 2. The van der Waals surface area contributed by atoms with Gasteiger partial charge in [0.05, 0.1) is 11.1 Å². The molecule has 1 aromatic carbocycles. The summed E-state index contributed by atoms with van der Waals surface area (Å²) in [5, 5.41) is 13.6. The molecule has 0 aliphatic carbocycles. The standard InChI is InChI=1S/C19H18F6N4O2/c20-18(21,22)13-7-14(19(23,24)25)9-15(8-13)28-11-12(10-26)17(31)27-4-2-6-29-5-1-3-16(29)30/h7-9,11,28H,1-6H2,(H,27,31)/b12-11-. The highest BCUT2D eigenvalue weighted by atomic mass is 19.4. The lowest BCUT2D eigenvalue weighted by Crippen LogP contribution is -2.31. The molecule has 1 heterocycles. The number of alkyl halides is 6. The van der Waals surface area contributed by atoms with Crippen LogP contribution in [0.4, 0.5) is 32.0 Å². The summed E-state index contributed by atoms with van der Waals surface area (Å²) in [5.41, 5.74) is -4.19. The van der Waals surface area contributed by atoms with Gasteiger partial charge in [0, 0.05) is 37.9 Å². The number of benzene rings is 1. The molecule has 1 aromatic rings. The molecule has 2 amide bonds. The van der Waals surface area contributed by atoms with Crippen LogP contribution < -0.4 is 10.6 Å². The van der Waals surface area contributed by atoms with Gasteiger partial charge < -0.3 is 15.5 Å². The van der Waals surface area contributed by atoms with Gasteiger partial charge >= 0.3 is 12.4 Å². The molecule has 2 rings (SSSR count). The smallest absolute Gasteiger partial charge is 0.360 e. The summed E-state index contributed by atoms with van der Waals surface area (Å²) in [6.45, 7) is 1.19. The largest absolute Gasteiger partial charge is 0.416 e. The van der Waals surface area contributed by atoms with Crippen molar-refractivity contribution in [2.75, 3.05) is 25.0 Å². The van der Waals surface area contributed by atoms with Crippen LogP contribution in [0.25, 0.3) is 0 Å². The molecule has 0 radical (unpaired) electrons. The predicted molar refractivity (Wildman–Crippen MR) is 97.2 cm³/mol. The minimum absolute atomic E-state index is 0.0208. The molecule has 0 unspecified atom stereocenters. The summed E-state index contributed by atoms with van der Waals surface area (Å²) in [4.78, 5) is 25.2. The quantitative estimate of drug-likeness (QED) is 0.289. The van der Waals surface area contributed by atoms with Gasteiger partial charge in [0.2, 0.25) is 5.91 Å². The first-order chi connectivity index (χ1) is 14.4. The Balaban J connectivity index is 2.03. The Morgan fingerprint density at radius 3 is 2.23 bits per heavy atom. The van der Waals surface area contributed by atoms with E-state index in [2.05, 4.69) is 10.6 Å². The lowest BCUT2D eigenvalue weighted by atomic mass is 10.1. The average Bonchev–Trinajstić information content (AvgIpc) is 3.09. The van der Waals surface area contributed by atoms with Crippen LogP contribution in [0.2, 0.25) is 0 Å². The van der Waals surface area contributed by atoms with E-state index in [9.17, 15) is 35.9 Å². The Labute approximate surface area is 173 Å². The molecule has 1 aliphatic rings. The molecule has 0 bridgehead atoms. The van der Waals surface area contributed by atoms with Crippen molar-refractivity contribution in [2.45, 2.75) is 31.6 Å². The zero-order valence-corrected chi connectivity index (χ0v) is 16.0. The molecule has 2 N–H and O–H groups in total. The molecule has 0 atom stereocenters. The lowest BCUT2D eigenvalue weighted by Gasteiger charge is -2.15. The van der Waals surface area contributed by atoms with Gasteiger partial charge in [0.1, 0.15) is 11.6 Å². The molecular weight excluding hydrogens is 430 g/mol. The summed E-state index contributed by atoms with van der Waals surface area (Å²) in [6, 6.07) is 2.37. The van der Waals surface area contributed by atoms with E-state index in [1.807, 2.05) is 0 Å². The zero-order valence-electron chi connectivity index (χ0n) is 16.0. The maximum atomic E-state index is 12.9. The number of nitriles is 1. The third-order valence-electron chi connectivity index (χ3n) is 4.40. The van der Waals surface area contributed by atoms with Gasteiger partial charge in [-0.15, -0.1) is 0 Å². The molecule has 1 saturated heterocycles. The van der Waals surface area contributed by atoms with E-state index in [1.54, 1.807) is 4.90 Å². The van der Waals surface area contributed by atoms with Crippen LogP contribution >= 0.6 is 0 Å². The first kappa shape index (κ1) is 24.0. The summed E-state index contributed by atoms with van der Waals surface area (Å²) < 4.78 is 77.3. The maximum Gasteiger partial charge on any atom is 0.416 e. The topological polar surface area (TPSA) is 85.2 Å². The molecule has 168 valence electrons. The van der Waals surface area contributed by atoms with Crippen molar-refractivity contribution in [3.8, 4) is 6.07 Å². The molecule has 1 aliphatic heterocycles. The van der Waals surface area contributed by atoms with Crippen LogP contribution in [0.15, 0.2) is 30.0 Å². The minimum atomic E-state index is -5.02. The summed E-state index contributed by atoms with van der Waals surface area (Å²) in [6.07, 6.45) is -7.64. The van der Waals surface area contributed by atoms with Crippen LogP contribution in [0.1, 0.15) is 30.4 Å². The van der Waals surface area contributed by atoms with Crippen molar-refractivity contribution < 1.29 is 35.9 Å². The van der Waals surface area contributed by atoms with E-state index in [0.717, 1.165) is 12.6 Å². The fraction of sp³-hybridized carbons (Fsp3) is 0.421. The first-order valence-corrected chi connectivity index (χ1v) is 9.14. The van der Waals surface area contributed by atoms with E-state index in [1.165, 1.54) is 6.07 Å². The predicted octanol–water partition coefficient (Wildman–Crippen LogP) is 3.67. The van der Waals surface area contributed by atoms with E-state index in [-0.39, 0.29) is 18.5 Å². The normalized spacial score (nSPS) is 15.1.